The molecule has 128 valence electrons. The van der Waals surface area contributed by atoms with Gasteiger partial charge in [-0.05, 0) is 35.9 Å². The van der Waals surface area contributed by atoms with E-state index in [1.807, 2.05) is 5.38 Å². The summed E-state index contributed by atoms with van der Waals surface area (Å²) in [5.41, 5.74) is 2.10. The van der Waals surface area contributed by atoms with Gasteiger partial charge in [-0.25, -0.2) is 13.8 Å². The molecule has 25 heavy (non-hydrogen) atoms. The Morgan fingerprint density at radius 1 is 1.12 bits per heavy atom. The molecule has 0 fully saturated rings. The quantitative estimate of drug-likeness (QED) is 0.623. The zero-order valence-electron chi connectivity index (χ0n) is 13.0. The molecule has 1 amide bonds. The molecule has 3 nitrogen and oxygen atoms in total. The third-order valence-electron chi connectivity index (χ3n) is 3.26. The summed E-state index contributed by atoms with van der Waals surface area (Å²) in [7, 11) is 0. The molecule has 0 aliphatic carbocycles. The van der Waals surface area contributed by atoms with Gasteiger partial charge in [0.25, 0.3) is 0 Å². The van der Waals surface area contributed by atoms with E-state index in [4.69, 9.17) is 0 Å². The molecule has 0 atom stereocenters. The van der Waals surface area contributed by atoms with Crippen molar-refractivity contribution in [3.63, 3.8) is 0 Å². The fraction of sp³-hybridized carbons (Fsp3) is 0.111. The number of benzene rings is 2. The van der Waals surface area contributed by atoms with E-state index in [0.717, 1.165) is 9.90 Å². The number of carbonyl (C=O) groups is 1. The standard InChI is InChI=1S/C18H14F2N2OS2/c19-13-6-4-12(5-7-13)10-24-18-22-16(11-25-18)9-17(23)21-15-3-1-2-14(20)8-15/h1-8,11H,9-10H2,(H,21,23). The third kappa shape index (κ3) is 5.37. The van der Waals surface area contributed by atoms with Crippen molar-refractivity contribution in [1.29, 1.82) is 0 Å². The molecule has 1 N–H and O–H groups in total. The van der Waals surface area contributed by atoms with Crippen LogP contribution in [0.1, 0.15) is 11.3 Å². The van der Waals surface area contributed by atoms with E-state index >= 15 is 0 Å². The second-order valence-electron chi connectivity index (χ2n) is 5.26. The minimum Gasteiger partial charge on any atom is -0.326 e. The van der Waals surface area contributed by atoms with Crippen LogP contribution in [0.5, 0.6) is 0 Å². The number of thioether (sulfide) groups is 1. The minimum absolute atomic E-state index is 0.129. The van der Waals surface area contributed by atoms with Crippen LogP contribution in [0.2, 0.25) is 0 Å². The van der Waals surface area contributed by atoms with E-state index in [0.29, 0.717) is 17.1 Å². The molecule has 0 radical (unpaired) electrons. The number of nitrogens with zero attached hydrogens (tertiary/aromatic N) is 1. The number of amides is 1. The Morgan fingerprint density at radius 3 is 2.68 bits per heavy atom. The molecule has 1 aromatic heterocycles. The van der Waals surface area contributed by atoms with Crippen molar-refractivity contribution >= 4 is 34.7 Å². The Hall–Kier alpha value is -2.25. The summed E-state index contributed by atoms with van der Waals surface area (Å²) < 4.78 is 26.8. The average Bonchev–Trinajstić information content (AvgIpc) is 3.01. The van der Waals surface area contributed by atoms with E-state index in [9.17, 15) is 13.6 Å². The minimum atomic E-state index is -0.397. The molecular weight excluding hydrogens is 362 g/mol. The van der Waals surface area contributed by atoms with Crippen molar-refractivity contribution < 1.29 is 13.6 Å². The zero-order valence-corrected chi connectivity index (χ0v) is 14.7. The van der Waals surface area contributed by atoms with E-state index < -0.39 is 5.82 Å². The first-order valence-electron chi connectivity index (χ1n) is 7.45. The van der Waals surface area contributed by atoms with Crippen molar-refractivity contribution in [1.82, 2.24) is 4.98 Å². The predicted octanol–water partition coefficient (Wildman–Crippen LogP) is 4.89. The van der Waals surface area contributed by atoms with Gasteiger partial charge >= 0.3 is 0 Å². The van der Waals surface area contributed by atoms with E-state index in [1.165, 1.54) is 53.4 Å². The van der Waals surface area contributed by atoms with Crippen LogP contribution in [-0.2, 0) is 17.0 Å². The number of hydrogen-bond donors (Lipinski definition) is 1. The lowest BCUT2D eigenvalue weighted by molar-refractivity contribution is -0.115. The normalized spacial score (nSPS) is 10.6. The molecule has 0 saturated heterocycles. The third-order valence-corrected chi connectivity index (χ3v) is 5.40. The van der Waals surface area contributed by atoms with Crippen LogP contribution in [0.3, 0.4) is 0 Å². The monoisotopic (exact) mass is 376 g/mol. The second kappa shape index (κ2) is 8.22. The fourth-order valence-electron chi connectivity index (χ4n) is 2.10. The number of aromatic nitrogens is 1. The van der Waals surface area contributed by atoms with Gasteiger partial charge in [-0.15, -0.1) is 11.3 Å². The molecule has 1 heterocycles. The second-order valence-corrected chi connectivity index (χ2v) is 7.34. The van der Waals surface area contributed by atoms with Crippen molar-refractivity contribution in [3.05, 3.63) is 76.8 Å². The van der Waals surface area contributed by atoms with Crippen LogP contribution in [0.25, 0.3) is 0 Å². The lowest BCUT2D eigenvalue weighted by Gasteiger charge is -2.03. The van der Waals surface area contributed by atoms with Crippen molar-refractivity contribution in [2.24, 2.45) is 0 Å². The number of anilines is 1. The van der Waals surface area contributed by atoms with Crippen LogP contribution < -0.4 is 5.32 Å². The van der Waals surface area contributed by atoms with E-state index in [-0.39, 0.29) is 18.1 Å². The summed E-state index contributed by atoms with van der Waals surface area (Å²) in [5.74, 6) is -0.213. The lowest BCUT2D eigenvalue weighted by atomic mass is 10.2. The van der Waals surface area contributed by atoms with Gasteiger partial charge in [-0.1, -0.05) is 30.0 Å². The van der Waals surface area contributed by atoms with Gasteiger partial charge in [0.15, 0.2) is 0 Å². The number of hydrogen-bond acceptors (Lipinski definition) is 4. The highest BCUT2D eigenvalue weighted by molar-refractivity contribution is 8.00. The number of nitrogens with one attached hydrogen (secondary N) is 1. The van der Waals surface area contributed by atoms with Crippen LogP contribution in [0, 0.1) is 11.6 Å². The van der Waals surface area contributed by atoms with Gasteiger partial charge in [0.2, 0.25) is 5.91 Å². The summed E-state index contributed by atoms with van der Waals surface area (Å²) in [6.45, 7) is 0. The van der Waals surface area contributed by atoms with Gasteiger partial charge in [0.05, 0.1) is 12.1 Å². The van der Waals surface area contributed by atoms with E-state index in [1.54, 1.807) is 18.2 Å². The number of thiazole rings is 1. The zero-order chi connectivity index (χ0) is 17.6. The topological polar surface area (TPSA) is 42.0 Å². The maximum absolute atomic E-state index is 13.1. The molecule has 0 aliphatic rings. The molecule has 0 aliphatic heterocycles. The SMILES string of the molecule is O=C(Cc1csc(SCc2ccc(F)cc2)n1)Nc1cccc(F)c1. The highest BCUT2D eigenvalue weighted by atomic mass is 32.2. The molecule has 0 bridgehead atoms. The molecule has 2 aromatic carbocycles. The first-order valence-corrected chi connectivity index (χ1v) is 9.32. The lowest BCUT2D eigenvalue weighted by Crippen LogP contribution is -2.14. The maximum Gasteiger partial charge on any atom is 0.230 e. The number of carbonyl (C=O) groups excluding carboxylic acids is 1. The Bertz CT molecular complexity index is 866. The van der Waals surface area contributed by atoms with Gasteiger partial charge < -0.3 is 5.32 Å². The maximum atomic E-state index is 13.1. The van der Waals surface area contributed by atoms with Crippen molar-refractivity contribution in [2.75, 3.05) is 5.32 Å². The Labute approximate surface area is 152 Å². The van der Waals surface area contributed by atoms with Gasteiger partial charge in [-0.3, -0.25) is 4.79 Å². The largest absolute Gasteiger partial charge is 0.326 e. The summed E-state index contributed by atoms with van der Waals surface area (Å²) in [6.07, 6.45) is 0.129. The molecule has 7 heteroatoms. The highest BCUT2D eigenvalue weighted by Crippen LogP contribution is 2.26. The van der Waals surface area contributed by atoms with Crippen LogP contribution >= 0.6 is 23.1 Å². The fourth-order valence-corrected chi connectivity index (χ4v) is 3.90. The Kier molecular flexibility index (Phi) is 5.78. The molecule has 3 aromatic rings. The predicted molar refractivity (Wildman–Crippen MR) is 96.8 cm³/mol. The van der Waals surface area contributed by atoms with Gasteiger partial charge in [-0.2, -0.15) is 0 Å². The molecule has 0 unspecified atom stereocenters. The average molecular weight is 376 g/mol. The van der Waals surface area contributed by atoms with Crippen LogP contribution in [0.4, 0.5) is 14.5 Å². The molecule has 0 saturated carbocycles. The van der Waals surface area contributed by atoms with Gasteiger partial charge in [0.1, 0.15) is 16.0 Å². The summed E-state index contributed by atoms with van der Waals surface area (Å²) in [5, 5.41) is 4.48. The highest BCUT2D eigenvalue weighted by Gasteiger charge is 2.09. The van der Waals surface area contributed by atoms with Crippen molar-refractivity contribution in [2.45, 2.75) is 16.5 Å². The number of rotatable bonds is 6. The molecule has 3 rings (SSSR count). The summed E-state index contributed by atoms with van der Waals surface area (Å²) in [6, 6.07) is 12.1. The molecule has 0 spiro atoms. The van der Waals surface area contributed by atoms with Crippen LogP contribution in [-0.4, -0.2) is 10.9 Å². The Morgan fingerprint density at radius 2 is 1.92 bits per heavy atom. The summed E-state index contributed by atoms with van der Waals surface area (Å²) in [4.78, 5) is 16.4. The van der Waals surface area contributed by atoms with E-state index in [2.05, 4.69) is 10.3 Å². The smallest absolute Gasteiger partial charge is 0.230 e. The Balaban J connectivity index is 1.52. The van der Waals surface area contributed by atoms with Crippen molar-refractivity contribution in [3.8, 4) is 0 Å². The molecular formula is C18H14F2N2OS2. The van der Waals surface area contributed by atoms with Gasteiger partial charge in [0, 0.05) is 16.8 Å². The summed E-state index contributed by atoms with van der Waals surface area (Å²) >= 11 is 3.00. The van der Waals surface area contributed by atoms with Crippen LogP contribution in [0.15, 0.2) is 58.3 Å². The first kappa shape index (κ1) is 17.6. The first-order chi connectivity index (χ1) is 12.1. The number of halogens is 2.